The maximum Gasteiger partial charge on any atom is 0.259 e. The molecule has 120 valence electrons. The Bertz CT molecular complexity index is 950. The first-order valence-electron chi connectivity index (χ1n) is 8.02. The van der Waals surface area contributed by atoms with Gasteiger partial charge in [-0.3, -0.25) is 9.69 Å². The van der Waals surface area contributed by atoms with Crippen molar-refractivity contribution in [2.75, 3.05) is 18.6 Å². The van der Waals surface area contributed by atoms with Crippen LogP contribution in [0.15, 0.2) is 48.5 Å². The smallest absolute Gasteiger partial charge is 0.259 e. The number of nitrogens with zero attached hydrogens (tertiary/aromatic N) is 2. The van der Waals surface area contributed by atoms with E-state index < -0.39 is 0 Å². The van der Waals surface area contributed by atoms with Gasteiger partial charge in [0.2, 0.25) is 0 Å². The van der Waals surface area contributed by atoms with Crippen LogP contribution in [0.25, 0.3) is 10.9 Å². The molecule has 0 fully saturated rings. The van der Waals surface area contributed by atoms with Crippen molar-refractivity contribution >= 4 is 22.6 Å². The van der Waals surface area contributed by atoms with Crippen LogP contribution in [-0.2, 0) is 6.42 Å². The third kappa shape index (κ3) is 2.40. The summed E-state index contributed by atoms with van der Waals surface area (Å²) >= 11 is 0. The standard InChI is InChI=1S/C20H18N2O2/c1-13-4-3-5-16(10-13)20(23)22-9-8-15-11-14-6-7-17(24-2)12-18(14)21-19(15)22/h3-7,10-12H,8-9H2,1-2H3. The first-order valence-corrected chi connectivity index (χ1v) is 8.02. The maximum atomic E-state index is 12.9. The second-order valence-electron chi connectivity index (χ2n) is 6.11. The zero-order valence-corrected chi connectivity index (χ0v) is 13.7. The monoisotopic (exact) mass is 318 g/mol. The molecule has 4 rings (SSSR count). The van der Waals surface area contributed by atoms with Crippen LogP contribution in [0.2, 0.25) is 0 Å². The van der Waals surface area contributed by atoms with Crippen LogP contribution in [0.5, 0.6) is 5.75 Å². The Kier molecular flexibility index (Phi) is 3.45. The van der Waals surface area contributed by atoms with E-state index in [0.29, 0.717) is 12.1 Å². The quantitative estimate of drug-likeness (QED) is 0.722. The van der Waals surface area contributed by atoms with E-state index in [9.17, 15) is 4.79 Å². The molecule has 0 saturated carbocycles. The zero-order chi connectivity index (χ0) is 16.7. The van der Waals surface area contributed by atoms with Crippen LogP contribution < -0.4 is 9.64 Å². The Balaban J connectivity index is 1.77. The molecular weight excluding hydrogens is 300 g/mol. The maximum absolute atomic E-state index is 12.9. The highest BCUT2D eigenvalue weighted by Gasteiger charge is 2.27. The van der Waals surface area contributed by atoms with Crippen LogP contribution in [0.3, 0.4) is 0 Å². The molecule has 3 aromatic rings. The number of ether oxygens (including phenoxy) is 1. The number of hydrogen-bond acceptors (Lipinski definition) is 3. The molecule has 24 heavy (non-hydrogen) atoms. The van der Waals surface area contributed by atoms with Gasteiger partial charge in [0.05, 0.1) is 12.6 Å². The van der Waals surface area contributed by atoms with Gasteiger partial charge in [0.1, 0.15) is 11.6 Å². The Morgan fingerprint density at radius 2 is 2.04 bits per heavy atom. The van der Waals surface area contributed by atoms with Gasteiger partial charge >= 0.3 is 0 Å². The van der Waals surface area contributed by atoms with E-state index in [4.69, 9.17) is 9.72 Å². The number of aromatic nitrogens is 1. The van der Waals surface area contributed by atoms with Gasteiger partial charge in [-0.1, -0.05) is 17.7 Å². The number of amides is 1. The summed E-state index contributed by atoms with van der Waals surface area (Å²) in [6.07, 6.45) is 0.835. The van der Waals surface area contributed by atoms with E-state index >= 15 is 0 Å². The summed E-state index contributed by atoms with van der Waals surface area (Å²) < 4.78 is 5.28. The van der Waals surface area contributed by atoms with E-state index in [1.54, 1.807) is 12.0 Å². The molecule has 2 heterocycles. The normalized spacial score (nSPS) is 13.2. The van der Waals surface area contributed by atoms with E-state index in [0.717, 1.165) is 40.0 Å². The van der Waals surface area contributed by atoms with Crippen LogP contribution >= 0.6 is 0 Å². The van der Waals surface area contributed by atoms with Crippen molar-refractivity contribution in [1.82, 2.24) is 4.98 Å². The van der Waals surface area contributed by atoms with Crippen molar-refractivity contribution in [2.24, 2.45) is 0 Å². The number of methoxy groups -OCH3 is 1. The fourth-order valence-electron chi connectivity index (χ4n) is 3.19. The van der Waals surface area contributed by atoms with Gasteiger partial charge in [-0.2, -0.15) is 0 Å². The molecule has 4 heteroatoms. The van der Waals surface area contributed by atoms with Crippen molar-refractivity contribution < 1.29 is 9.53 Å². The van der Waals surface area contributed by atoms with E-state index in [1.807, 2.05) is 49.4 Å². The molecule has 0 spiro atoms. The number of rotatable bonds is 2. The molecule has 0 atom stereocenters. The van der Waals surface area contributed by atoms with Gasteiger partial charge in [-0.15, -0.1) is 0 Å². The van der Waals surface area contributed by atoms with E-state index in [-0.39, 0.29) is 5.91 Å². The highest BCUT2D eigenvalue weighted by Crippen LogP contribution is 2.31. The molecular formula is C20H18N2O2. The minimum atomic E-state index is 0.00666. The van der Waals surface area contributed by atoms with Gasteiger partial charge in [-0.25, -0.2) is 4.98 Å². The third-order valence-corrected chi connectivity index (χ3v) is 4.45. The summed E-state index contributed by atoms with van der Waals surface area (Å²) in [7, 11) is 1.64. The lowest BCUT2D eigenvalue weighted by Gasteiger charge is -2.17. The number of hydrogen-bond donors (Lipinski definition) is 0. The lowest BCUT2D eigenvalue weighted by Crippen LogP contribution is -2.29. The van der Waals surface area contributed by atoms with Crippen LogP contribution in [0, 0.1) is 6.92 Å². The predicted molar refractivity (Wildman–Crippen MR) is 94.9 cm³/mol. The molecule has 0 saturated heterocycles. The summed E-state index contributed by atoms with van der Waals surface area (Å²) in [6, 6.07) is 15.7. The average molecular weight is 318 g/mol. The van der Waals surface area contributed by atoms with Crippen molar-refractivity contribution in [1.29, 1.82) is 0 Å². The number of fused-ring (bicyclic) bond motifs is 2. The topological polar surface area (TPSA) is 42.4 Å². The Morgan fingerprint density at radius 3 is 2.83 bits per heavy atom. The van der Waals surface area contributed by atoms with Crippen LogP contribution in [0.4, 0.5) is 5.82 Å². The number of carbonyl (C=O) groups is 1. The fourth-order valence-corrected chi connectivity index (χ4v) is 3.19. The van der Waals surface area contributed by atoms with Crippen molar-refractivity contribution in [3.63, 3.8) is 0 Å². The van der Waals surface area contributed by atoms with Gasteiger partial charge in [0, 0.05) is 23.6 Å². The number of benzene rings is 2. The third-order valence-electron chi connectivity index (χ3n) is 4.45. The molecule has 0 aliphatic carbocycles. The Labute approximate surface area is 140 Å². The van der Waals surface area contributed by atoms with E-state index in [1.165, 1.54) is 0 Å². The van der Waals surface area contributed by atoms with Gasteiger partial charge in [0.15, 0.2) is 0 Å². The van der Waals surface area contributed by atoms with Crippen molar-refractivity contribution in [3.8, 4) is 5.75 Å². The minimum absolute atomic E-state index is 0.00666. The molecule has 0 unspecified atom stereocenters. The second kappa shape index (κ2) is 5.64. The molecule has 0 radical (unpaired) electrons. The summed E-state index contributed by atoms with van der Waals surface area (Å²) in [6.45, 7) is 2.66. The molecule has 1 amide bonds. The van der Waals surface area contributed by atoms with Crippen molar-refractivity contribution in [2.45, 2.75) is 13.3 Å². The van der Waals surface area contributed by atoms with Crippen LogP contribution in [-0.4, -0.2) is 24.5 Å². The van der Waals surface area contributed by atoms with Gasteiger partial charge < -0.3 is 4.74 Å². The second-order valence-corrected chi connectivity index (χ2v) is 6.11. The Morgan fingerprint density at radius 1 is 1.17 bits per heavy atom. The average Bonchev–Trinajstić information content (AvgIpc) is 3.01. The zero-order valence-electron chi connectivity index (χ0n) is 13.7. The molecule has 4 nitrogen and oxygen atoms in total. The number of pyridine rings is 1. The summed E-state index contributed by atoms with van der Waals surface area (Å²) in [5, 5.41) is 1.07. The lowest BCUT2D eigenvalue weighted by molar-refractivity contribution is 0.0988. The highest BCUT2D eigenvalue weighted by molar-refractivity contribution is 6.07. The minimum Gasteiger partial charge on any atom is -0.497 e. The summed E-state index contributed by atoms with van der Waals surface area (Å²) in [5.41, 5.74) is 3.75. The number of aryl methyl sites for hydroxylation is 1. The number of carbonyl (C=O) groups excluding carboxylic acids is 1. The molecule has 1 aliphatic heterocycles. The molecule has 1 aliphatic rings. The highest BCUT2D eigenvalue weighted by atomic mass is 16.5. The van der Waals surface area contributed by atoms with E-state index in [2.05, 4.69) is 6.07 Å². The molecule has 0 bridgehead atoms. The van der Waals surface area contributed by atoms with Gasteiger partial charge in [0.25, 0.3) is 5.91 Å². The predicted octanol–water partition coefficient (Wildman–Crippen LogP) is 3.75. The summed E-state index contributed by atoms with van der Waals surface area (Å²) in [5.74, 6) is 1.54. The SMILES string of the molecule is COc1ccc2cc3c(nc2c1)N(C(=O)c1cccc(C)c1)CC3. The largest absolute Gasteiger partial charge is 0.497 e. The molecule has 1 aromatic heterocycles. The molecule has 2 aromatic carbocycles. The first-order chi connectivity index (χ1) is 11.7. The lowest BCUT2D eigenvalue weighted by atomic mass is 10.1. The first kappa shape index (κ1) is 14.7. The summed E-state index contributed by atoms with van der Waals surface area (Å²) in [4.78, 5) is 19.4. The fraction of sp³-hybridized carbons (Fsp3) is 0.200. The van der Waals surface area contributed by atoms with Crippen molar-refractivity contribution in [3.05, 3.63) is 65.2 Å². The Hall–Kier alpha value is -2.88. The van der Waals surface area contributed by atoms with Gasteiger partial charge in [-0.05, 0) is 49.2 Å². The van der Waals surface area contributed by atoms with Crippen LogP contribution in [0.1, 0.15) is 21.5 Å². The number of anilines is 1. The molecule has 0 N–H and O–H groups in total.